The van der Waals surface area contributed by atoms with Crippen LogP contribution in [-0.4, -0.2) is 51.5 Å². The van der Waals surface area contributed by atoms with Crippen LogP contribution in [0.4, 0.5) is 0 Å². The lowest BCUT2D eigenvalue weighted by Crippen LogP contribution is -2.40. The van der Waals surface area contributed by atoms with Crippen LogP contribution in [0.2, 0.25) is 0 Å². The zero-order valence-corrected chi connectivity index (χ0v) is 16.1. The van der Waals surface area contributed by atoms with Gasteiger partial charge in [-0.15, -0.1) is 24.0 Å². The first kappa shape index (κ1) is 18.7. The fourth-order valence-electron chi connectivity index (χ4n) is 2.69. The highest BCUT2D eigenvalue weighted by molar-refractivity contribution is 14.0. The van der Waals surface area contributed by atoms with Crippen molar-refractivity contribution in [2.24, 2.45) is 4.99 Å². The lowest BCUT2D eigenvalue weighted by molar-refractivity contribution is 0.188. The quantitative estimate of drug-likeness (QED) is 0.433. The van der Waals surface area contributed by atoms with Gasteiger partial charge in [0.25, 0.3) is 0 Å². The minimum atomic E-state index is -0.254. The molecule has 6 nitrogen and oxygen atoms in total. The maximum Gasteiger partial charge on any atom is 0.194 e. The smallest absolute Gasteiger partial charge is 0.194 e. The van der Waals surface area contributed by atoms with Crippen LogP contribution in [0.15, 0.2) is 47.6 Å². The highest BCUT2D eigenvalue weighted by atomic mass is 127. The van der Waals surface area contributed by atoms with E-state index in [1.54, 1.807) is 0 Å². The van der Waals surface area contributed by atoms with Crippen molar-refractivity contribution in [1.29, 1.82) is 0 Å². The monoisotopic (exact) mass is 441 g/mol. The van der Waals surface area contributed by atoms with Crippen LogP contribution in [-0.2, 0) is 6.54 Å². The second-order valence-corrected chi connectivity index (χ2v) is 5.65. The van der Waals surface area contributed by atoms with Crippen molar-refractivity contribution < 1.29 is 5.11 Å². The average Bonchev–Trinajstić information content (AvgIpc) is 3.21. The number of benzene rings is 1. The summed E-state index contributed by atoms with van der Waals surface area (Å²) in [6, 6.07) is 12.0. The van der Waals surface area contributed by atoms with E-state index in [4.69, 9.17) is 0 Å². The number of aromatic nitrogens is 2. The summed E-state index contributed by atoms with van der Waals surface area (Å²) >= 11 is 0. The second kappa shape index (κ2) is 9.03. The molecule has 0 saturated carbocycles. The number of hydrogen-bond acceptors (Lipinski definition) is 3. The largest absolute Gasteiger partial charge is 0.391 e. The number of para-hydroxylation sites is 1. The number of rotatable bonds is 4. The molecule has 1 aliphatic heterocycles. The zero-order chi connectivity index (χ0) is 16.1. The first-order valence-corrected chi connectivity index (χ1v) is 8.07. The van der Waals surface area contributed by atoms with Gasteiger partial charge in [0.15, 0.2) is 5.96 Å². The van der Waals surface area contributed by atoms with Gasteiger partial charge < -0.3 is 15.3 Å². The molecule has 0 radical (unpaired) electrons. The molecule has 7 heteroatoms. The van der Waals surface area contributed by atoms with Crippen LogP contribution in [0.5, 0.6) is 0 Å². The number of β-amino-alcohol motifs (C(OH)–C–C–N with tert-alkyl or cyclic N) is 1. The number of aliphatic hydroxyl groups is 1. The molecule has 0 bridgehead atoms. The standard InChI is InChI=1S/C17H23N5O.HI/c1-2-18-17(21-10-9-16(23)13-21)19-12-14-8-11-22(20-14)15-6-4-3-5-7-15;/h3-8,11,16,23H,2,9-10,12-13H2,1H3,(H,18,19);1H/t16-;/m1./s1. The molecule has 1 fully saturated rings. The number of aliphatic imine (C=N–C) groups is 1. The minimum Gasteiger partial charge on any atom is -0.391 e. The van der Waals surface area contributed by atoms with Crippen molar-refractivity contribution in [3.05, 3.63) is 48.3 Å². The fraction of sp³-hybridized carbons (Fsp3) is 0.412. The molecule has 1 aromatic carbocycles. The van der Waals surface area contributed by atoms with Gasteiger partial charge in [0.1, 0.15) is 0 Å². The number of guanidine groups is 1. The van der Waals surface area contributed by atoms with E-state index in [0.29, 0.717) is 13.1 Å². The number of nitrogens with one attached hydrogen (secondary N) is 1. The molecular weight excluding hydrogens is 417 g/mol. The molecule has 1 saturated heterocycles. The van der Waals surface area contributed by atoms with Crippen molar-refractivity contribution in [2.45, 2.75) is 26.0 Å². The summed E-state index contributed by atoms with van der Waals surface area (Å²) < 4.78 is 1.86. The predicted octanol–water partition coefficient (Wildman–Crippen LogP) is 2.02. The van der Waals surface area contributed by atoms with Crippen LogP contribution >= 0.6 is 24.0 Å². The molecule has 0 amide bonds. The average molecular weight is 441 g/mol. The van der Waals surface area contributed by atoms with E-state index in [0.717, 1.165) is 36.9 Å². The van der Waals surface area contributed by atoms with Crippen molar-refractivity contribution in [3.63, 3.8) is 0 Å². The van der Waals surface area contributed by atoms with E-state index in [1.165, 1.54) is 0 Å². The molecule has 1 aliphatic rings. The van der Waals surface area contributed by atoms with Crippen LogP contribution in [0.1, 0.15) is 19.0 Å². The van der Waals surface area contributed by atoms with Crippen LogP contribution in [0, 0.1) is 0 Å². The first-order valence-electron chi connectivity index (χ1n) is 8.07. The van der Waals surface area contributed by atoms with Gasteiger partial charge in [-0.3, -0.25) is 0 Å². The van der Waals surface area contributed by atoms with Gasteiger partial charge in [-0.2, -0.15) is 5.10 Å². The first-order chi connectivity index (χ1) is 11.3. The molecule has 0 aliphatic carbocycles. The Morgan fingerprint density at radius 2 is 2.12 bits per heavy atom. The number of halogens is 1. The molecular formula is C17H24IN5O. The Bertz CT molecular complexity index is 658. The minimum absolute atomic E-state index is 0. The summed E-state index contributed by atoms with van der Waals surface area (Å²) in [4.78, 5) is 6.75. The van der Waals surface area contributed by atoms with Crippen molar-refractivity contribution >= 4 is 29.9 Å². The number of aliphatic hydroxyl groups excluding tert-OH is 1. The summed E-state index contributed by atoms with van der Waals surface area (Å²) in [5.74, 6) is 0.846. The van der Waals surface area contributed by atoms with Crippen LogP contribution < -0.4 is 5.32 Å². The molecule has 0 unspecified atom stereocenters. The molecule has 2 aromatic rings. The Hall–Kier alpha value is -1.61. The normalized spacial score (nSPS) is 17.7. The lowest BCUT2D eigenvalue weighted by atomic mass is 10.3. The highest BCUT2D eigenvalue weighted by Crippen LogP contribution is 2.10. The van der Waals surface area contributed by atoms with Crippen LogP contribution in [0.25, 0.3) is 5.69 Å². The Morgan fingerprint density at radius 3 is 2.79 bits per heavy atom. The fourth-order valence-corrected chi connectivity index (χ4v) is 2.69. The van der Waals surface area contributed by atoms with Gasteiger partial charge >= 0.3 is 0 Å². The van der Waals surface area contributed by atoms with Crippen LogP contribution in [0.3, 0.4) is 0 Å². The van der Waals surface area contributed by atoms with Gasteiger partial charge in [-0.1, -0.05) is 18.2 Å². The van der Waals surface area contributed by atoms with Gasteiger partial charge in [-0.25, -0.2) is 9.67 Å². The molecule has 0 spiro atoms. The van der Waals surface area contributed by atoms with Gasteiger partial charge in [0.05, 0.1) is 24.0 Å². The van der Waals surface area contributed by atoms with E-state index >= 15 is 0 Å². The van der Waals surface area contributed by atoms with E-state index in [-0.39, 0.29) is 30.1 Å². The summed E-state index contributed by atoms with van der Waals surface area (Å²) in [5, 5.41) is 17.5. The lowest BCUT2D eigenvalue weighted by Gasteiger charge is -2.20. The zero-order valence-electron chi connectivity index (χ0n) is 13.8. The Kier molecular flexibility index (Phi) is 7.04. The summed E-state index contributed by atoms with van der Waals surface area (Å²) in [7, 11) is 0. The van der Waals surface area contributed by atoms with Crippen molar-refractivity contribution in [3.8, 4) is 5.69 Å². The summed E-state index contributed by atoms with van der Waals surface area (Å²) in [6.45, 7) is 4.86. The Labute approximate surface area is 159 Å². The van der Waals surface area contributed by atoms with E-state index in [9.17, 15) is 5.11 Å². The van der Waals surface area contributed by atoms with Gasteiger partial charge in [0.2, 0.25) is 0 Å². The molecule has 1 aromatic heterocycles. The topological polar surface area (TPSA) is 65.7 Å². The van der Waals surface area contributed by atoms with Crippen molar-refractivity contribution in [2.75, 3.05) is 19.6 Å². The van der Waals surface area contributed by atoms with Gasteiger partial charge in [-0.05, 0) is 31.5 Å². The highest BCUT2D eigenvalue weighted by Gasteiger charge is 2.22. The predicted molar refractivity (Wildman–Crippen MR) is 106 cm³/mol. The van der Waals surface area contributed by atoms with E-state index in [1.807, 2.05) is 54.2 Å². The third kappa shape index (κ3) is 4.70. The SMILES string of the molecule is CCNC(=NCc1ccn(-c2ccccc2)n1)N1CC[C@@H](O)C1.I. The molecule has 24 heavy (non-hydrogen) atoms. The summed E-state index contributed by atoms with van der Waals surface area (Å²) in [6.07, 6.45) is 2.50. The molecule has 2 heterocycles. The molecule has 130 valence electrons. The second-order valence-electron chi connectivity index (χ2n) is 5.65. The third-order valence-electron chi connectivity index (χ3n) is 3.85. The number of nitrogens with zero attached hydrogens (tertiary/aromatic N) is 4. The maximum atomic E-state index is 9.69. The van der Waals surface area contributed by atoms with Gasteiger partial charge in [0, 0.05) is 25.8 Å². The Balaban J connectivity index is 0.00000208. The molecule has 1 atom stereocenters. The Morgan fingerprint density at radius 1 is 1.33 bits per heavy atom. The number of likely N-dealkylation sites (tertiary alicyclic amines) is 1. The maximum absolute atomic E-state index is 9.69. The van der Waals surface area contributed by atoms with E-state index in [2.05, 4.69) is 20.3 Å². The van der Waals surface area contributed by atoms with Crippen molar-refractivity contribution in [1.82, 2.24) is 20.0 Å². The summed E-state index contributed by atoms with van der Waals surface area (Å²) in [5.41, 5.74) is 1.96. The van der Waals surface area contributed by atoms with E-state index < -0.39 is 0 Å². The third-order valence-corrected chi connectivity index (χ3v) is 3.85. The molecule has 3 rings (SSSR count). The molecule has 2 N–H and O–H groups in total. The number of hydrogen-bond donors (Lipinski definition) is 2.